The highest BCUT2D eigenvalue weighted by Crippen LogP contribution is 2.31. The zero-order chi connectivity index (χ0) is 16.7. The van der Waals surface area contributed by atoms with Crippen molar-refractivity contribution in [2.24, 2.45) is 0 Å². The zero-order valence-corrected chi connectivity index (χ0v) is 12.7. The molecule has 0 saturated carbocycles. The van der Waals surface area contributed by atoms with E-state index in [9.17, 15) is 15.0 Å². The van der Waals surface area contributed by atoms with E-state index in [2.05, 4.69) is 9.97 Å². The van der Waals surface area contributed by atoms with E-state index in [1.165, 1.54) is 0 Å². The number of aliphatic hydroxyl groups excluding tert-OH is 2. The molecule has 0 amide bonds. The normalized spacial score (nSPS) is 14.1. The summed E-state index contributed by atoms with van der Waals surface area (Å²) in [5, 5.41) is 22.5. The number of rotatable bonds is 4. The molecule has 0 fully saturated rings. The van der Waals surface area contributed by atoms with Crippen LogP contribution in [0.3, 0.4) is 0 Å². The van der Waals surface area contributed by atoms with Crippen LogP contribution in [0.4, 0.5) is 0 Å². The number of fused-ring (bicyclic) bond motifs is 2. The van der Waals surface area contributed by atoms with Gasteiger partial charge >= 0.3 is 0 Å². The van der Waals surface area contributed by atoms with Gasteiger partial charge < -0.3 is 20.2 Å². The molecule has 2 atom stereocenters. The van der Waals surface area contributed by atoms with Crippen molar-refractivity contribution in [2.75, 3.05) is 0 Å². The molecule has 0 aliphatic carbocycles. The van der Waals surface area contributed by atoms with Gasteiger partial charge in [0.2, 0.25) is 0 Å². The van der Waals surface area contributed by atoms with Gasteiger partial charge in [-0.15, -0.1) is 0 Å². The second-order valence-electron chi connectivity index (χ2n) is 5.79. The molecule has 5 heteroatoms. The van der Waals surface area contributed by atoms with Crippen LogP contribution in [0.25, 0.3) is 21.8 Å². The van der Waals surface area contributed by atoms with Gasteiger partial charge in [-0.3, -0.25) is 4.79 Å². The maximum Gasteiger partial charge on any atom is 0.198 e. The summed E-state index contributed by atoms with van der Waals surface area (Å²) in [4.78, 5) is 18.7. The number of H-pyrrole nitrogens is 2. The molecule has 0 radical (unpaired) electrons. The SMILES string of the molecule is O=C(C(O)c1c[nH]c2ccccc12)C(O)c1c[nH]c2ccccc12. The fourth-order valence-corrected chi connectivity index (χ4v) is 3.10. The Bertz CT molecular complexity index is 949. The van der Waals surface area contributed by atoms with Gasteiger partial charge in [0.25, 0.3) is 0 Å². The number of aromatic amines is 2. The Balaban J connectivity index is 1.70. The van der Waals surface area contributed by atoms with E-state index in [1.54, 1.807) is 12.4 Å². The summed E-state index contributed by atoms with van der Waals surface area (Å²) < 4.78 is 0. The fraction of sp³-hybridized carbons (Fsp3) is 0.105. The topological polar surface area (TPSA) is 89.1 Å². The molecule has 2 heterocycles. The Morgan fingerprint density at radius 1 is 0.750 bits per heavy atom. The molecule has 2 aromatic heterocycles. The van der Waals surface area contributed by atoms with Crippen LogP contribution in [0.1, 0.15) is 23.3 Å². The number of aliphatic hydroxyl groups is 2. The molecule has 0 aliphatic heterocycles. The Labute approximate surface area is 137 Å². The van der Waals surface area contributed by atoms with Gasteiger partial charge in [-0.25, -0.2) is 0 Å². The number of Topliss-reactive ketones (excluding diaryl/α,β-unsaturated/α-hetero) is 1. The number of para-hydroxylation sites is 2. The predicted octanol–water partition coefficient (Wildman–Crippen LogP) is 2.99. The lowest BCUT2D eigenvalue weighted by Crippen LogP contribution is -2.20. The third-order valence-electron chi connectivity index (χ3n) is 4.37. The van der Waals surface area contributed by atoms with E-state index < -0.39 is 18.0 Å². The van der Waals surface area contributed by atoms with Gasteiger partial charge in [0.05, 0.1) is 0 Å². The molecule has 2 unspecified atom stereocenters. The molecule has 2 aromatic carbocycles. The van der Waals surface area contributed by atoms with E-state index >= 15 is 0 Å². The number of carbonyl (C=O) groups excluding carboxylic acids is 1. The molecule has 5 nitrogen and oxygen atoms in total. The summed E-state index contributed by atoms with van der Waals surface area (Å²) in [6.45, 7) is 0. The van der Waals surface area contributed by atoms with Gasteiger partial charge in [0.1, 0.15) is 12.2 Å². The Hall–Kier alpha value is -2.89. The molecule has 4 aromatic rings. The second kappa shape index (κ2) is 5.63. The maximum absolute atomic E-state index is 12.6. The highest BCUT2D eigenvalue weighted by molar-refractivity contribution is 5.97. The van der Waals surface area contributed by atoms with Crippen molar-refractivity contribution < 1.29 is 15.0 Å². The Morgan fingerprint density at radius 3 is 1.62 bits per heavy atom. The van der Waals surface area contributed by atoms with Gasteiger partial charge in [-0.1, -0.05) is 36.4 Å². The average Bonchev–Trinajstić information content (AvgIpc) is 3.24. The van der Waals surface area contributed by atoms with E-state index in [0.717, 1.165) is 21.8 Å². The Kier molecular flexibility index (Phi) is 3.45. The van der Waals surface area contributed by atoms with Crippen LogP contribution in [-0.4, -0.2) is 26.0 Å². The monoisotopic (exact) mass is 320 g/mol. The van der Waals surface area contributed by atoms with Gasteiger partial charge in [0.15, 0.2) is 5.78 Å². The molecule has 4 rings (SSSR count). The Morgan fingerprint density at radius 2 is 1.17 bits per heavy atom. The van der Waals surface area contributed by atoms with Gasteiger partial charge in [0, 0.05) is 45.3 Å². The van der Waals surface area contributed by atoms with Crippen molar-refractivity contribution >= 4 is 27.6 Å². The molecular weight excluding hydrogens is 304 g/mol. The van der Waals surface area contributed by atoms with Crippen LogP contribution < -0.4 is 0 Å². The first-order valence-electron chi connectivity index (χ1n) is 7.68. The predicted molar refractivity (Wildman–Crippen MR) is 91.5 cm³/mol. The number of benzene rings is 2. The van der Waals surface area contributed by atoms with E-state index in [1.807, 2.05) is 48.5 Å². The molecule has 0 bridgehead atoms. The summed E-state index contributed by atoms with van der Waals surface area (Å²) in [6, 6.07) is 14.8. The maximum atomic E-state index is 12.6. The highest BCUT2D eigenvalue weighted by Gasteiger charge is 2.29. The first-order chi connectivity index (χ1) is 11.7. The number of hydrogen-bond acceptors (Lipinski definition) is 3. The van der Waals surface area contributed by atoms with Gasteiger partial charge in [-0.05, 0) is 12.1 Å². The van der Waals surface area contributed by atoms with Crippen LogP contribution in [0, 0.1) is 0 Å². The second-order valence-corrected chi connectivity index (χ2v) is 5.79. The summed E-state index contributed by atoms with van der Waals surface area (Å²) in [7, 11) is 0. The molecule has 4 N–H and O–H groups in total. The van der Waals surface area contributed by atoms with E-state index in [0.29, 0.717) is 11.1 Å². The summed E-state index contributed by atoms with van der Waals surface area (Å²) in [6.07, 6.45) is 0.416. The highest BCUT2D eigenvalue weighted by atomic mass is 16.3. The first-order valence-corrected chi connectivity index (χ1v) is 7.68. The van der Waals surface area contributed by atoms with E-state index in [4.69, 9.17) is 0 Å². The quantitative estimate of drug-likeness (QED) is 0.466. The van der Waals surface area contributed by atoms with Crippen molar-refractivity contribution in [1.29, 1.82) is 0 Å². The van der Waals surface area contributed by atoms with Crippen molar-refractivity contribution in [2.45, 2.75) is 12.2 Å². The number of ketones is 1. The van der Waals surface area contributed by atoms with Crippen LogP contribution in [0.15, 0.2) is 60.9 Å². The molecule has 0 spiro atoms. The van der Waals surface area contributed by atoms with Gasteiger partial charge in [-0.2, -0.15) is 0 Å². The number of hydrogen-bond donors (Lipinski definition) is 4. The van der Waals surface area contributed by atoms with E-state index in [-0.39, 0.29) is 0 Å². The van der Waals surface area contributed by atoms with Crippen LogP contribution in [0.5, 0.6) is 0 Å². The van der Waals surface area contributed by atoms with Crippen molar-refractivity contribution in [3.05, 3.63) is 72.1 Å². The number of aromatic nitrogens is 2. The minimum Gasteiger partial charge on any atom is -0.380 e. The third-order valence-corrected chi connectivity index (χ3v) is 4.37. The first kappa shape index (κ1) is 14.7. The lowest BCUT2D eigenvalue weighted by atomic mass is 9.97. The largest absolute Gasteiger partial charge is 0.380 e. The third kappa shape index (κ3) is 2.22. The van der Waals surface area contributed by atoms with Crippen molar-refractivity contribution in [1.82, 2.24) is 9.97 Å². The smallest absolute Gasteiger partial charge is 0.198 e. The van der Waals surface area contributed by atoms with Crippen LogP contribution >= 0.6 is 0 Å². The summed E-state index contributed by atoms with van der Waals surface area (Å²) >= 11 is 0. The number of nitrogens with one attached hydrogen (secondary N) is 2. The minimum atomic E-state index is -1.40. The molecular formula is C19H16N2O3. The number of carbonyl (C=O) groups is 1. The molecule has 0 saturated heterocycles. The van der Waals surface area contributed by atoms with Crippen molar-refractivity contribution in [3.63, 3.8) is 0 Å². The molecule has 24 heavy (non-hydrogen) atoms. The van der Waals surface area contributed by atoms with Crippen LogP contribution in [-0.2, 0) is 4.79 Å². The van der Waals surface area contributed by atoms with Crippen LogP contribution in [0.2, 0.25) is 0 Å². The molecule has 0 aliphatic rings. The average molecular weight is 320 g/mol. The standard InChI is InChI=1S/C19H16N2O3/c22-17(13-9-20-15-7-3-1-5-11(13)15)19(24)18(23)14-10-21-16-8-4-2-6-12(14)16/h1-10,17-18,20-23H. The lowest BCUT2D eigenvalue weighted by Gasteiger charge is -2.14. The summed E-state index contributed by atoms with van der Waals surface area (Å²) in [5.41, 5.74) is 2.60. The molecule has 120 valence electrons. The zero-order valence-electron chi connectivity index (χ0n) is 12.7. The fourth-order valence-electron chi connectivity index (χ4n) is 3.10. The lowest BCUT2D eigenvalue weighted by molar-refractivity contribution is -0.136. The minimum absolute atomic E-state index is 0.467. The van der Waals surface area contributed by atoms with Crippen molar-refractivity contribution in [3.8, 4) is 0 Å². The summed E-state index contributed by atoms with van der Waals surface area (Å²) in [5.74, 6) is -0.649.